The molecule has 0 spiro atoms. The maximum absolute atomic E-state index is 12.2. The van der Waals surface area contributed by atoms with E-state index in [9.17, 15) is 13.2 Å². The van der Waals surface area contributed by atoms with Crippen LogP contribution in [0.2, 0.25) is 0 Å². The lowest BCUT2D eigenvalue weighted by atomic mass is 10.1. The molecular weight excluding hydrogens is 328 g/mol. The lowest BCUT2D eigenvalue weighted by Gasteiger charge is -2.08. The van der Waals surface area contributed by atoms with Crippen LogP contribution in [0.5, 0.6) is 0 Å². The molecule has 7 heteroatoms. The Morgan fingerprint density at radius 3 is 2.25 bits per heavy atom. The Bertz CT molecular complexity index is 972. The molecule has 24 heavy (non-hydrogen) atoms. The van der Waals surface area contributed by atoms with Crippen LogP contribution in [0.3, 0.4) is 0 Å². The lowest BCUT2D eigenvalue weighted by Crippen LogP contribution is -2.38. The van der Waals surface area contributed by atoms with Gasteiger partial charge in [-0.1, -0.05) is 54.1 Å². The number of nitrogens with one attached hydrogen (secondary N) is 2. The van der Waals surface area contributed by atoms with Crippen molar-refractivity contribution in [2.45, 2.75) is 4.90 Å². The summed E-state index contributed by atoms with van der Waals surface area (Å²) in [6.07, 6.45) is 0. The van der Waals surface area contributed by atoms with E-state index in [1.54, 1.807) is 42.5 Å². The first-order valence-corrected chi connectivity index (χ1v) is 8.50. The minimum atomic E-state index is -4.06. The van der Waals surface area contributed by atoms with Crippen molar-refractivity contribution < 1.29 is 17.5 Å². The third-order valence-electron chi connectivity index (χ3n) is 3.36. The summed E-state index contributed by atoms with van der Waals surface area (Å²) in [5, 5.41) is 1.69. The highest BCUT2D eigenvalue weighted by Crippen LogP contribution is 2.19. The molecule has 0 radical (unpaired) electrons. The van der Waals surface area contributed by atoms with E-state index in [1.807, 2.05) is 23.8 Å². The average Bonchev–Trinajstić information content (AvgIpc) is 2.62. The number of benzene rings is 3. The minimum Gasteiger partial charge on any atom is -0.268 e. The van der Waals surface area contributed by atoms with Crippen LogP contribution in [0, 0.1) is 0 Å². The second-order valence-corrected chi connectivity index (χ2v) is 6.51. The standard InChI is InChI=1S/C17H14N2O4S/c20-17(14-7-2-1-3-8-14)18-19-23-24(21,22)16-11-10-13-6-4-5-9-15(13)12-16/h1-12,19H,(H,18,20). The molecule has 122 valence electrons. The third kappa shape index (κ3) is 3.60. The highest BCUT2D eigenvalue weighted by Gasteiger charge is 2.16. The second kappa shape index (κ2) is 6.79. The SMILES string of the molecule is O=C(NNOS(=O)(=O)c1ccc2ccccc2c1)c1ccccc1. The Balaban J connectivity index is 1.68. The van der Waals surface area contributed by atoms with Gasteiger partial charge in [0.25, 0.3) is 5.91 Å². The Hall–Kier alpha value is -2.74. The first-order valence-electron chi connectivity index (χ1n) is 7.09. The predicted molar refractivity (Wildman–Crippen MR) is 89.3 cm³/mol. The van der Waals surface area contributed by atoms with E-state index in [-0.39, 0.29) is 4.90 Å². The zero-order valence-corrected chi connectivity index (χ0v) is 13.3. The predicted octanol–water partition coefficient (Wildman–Crippen LogP) is 2.39. The summed E-state index contributed by atoms with van der Waals surface area (Å²) in [5.41, 5.74) is 4.53. The lowest BCUT2D eigenvalue weighted by molar-refractivity contribution is 0.0808. The molecule has 3 aromatic carbocycles. The first-order chi connectivity index (χ1) is 11.6. The molecule has 0 saturated heterocycles. The number of carbonyl (C=O) groups is 1. The van der Waals surface area contributed by atoms with Crippen molar-refractivity contribution in [3.8, 4) is 0 Å². The summed E-state index contributed by atoms with van der Waals surface area (Å²) < 4.78 is 29.0. The number of hydrogen-bond acceptors (Lipinski definition) is 5. The molecule has 0 fully saturated rings. The summed E-state index contributed by atoms with van der Waals surface area (Å²) in [7, 11) is -4.06. The van der Waals surface area contributed by atoms with Crippen LogP contribution < -0.4 is 11.0 Å². The van der Waals surface area contributed by atoms with E-state index in [4.69, 9.17) is 0 Å². The number of amides is 1. The number of carbonyl (C=O) groups excluding carboxylic acids is 1. The smallest absolute Gasteiger partial charge is 0.268 e. The maximum atomic E-state index is 12.2. The van der Waals surface area contributed by atoms with E-state index >= 15 is 0 Å². The molecule has 0 bridgehead atoms. The summed E-state index contributed by atoms with van der Waals surface area (Å²) in [6, 6.07) is 20.4. The monoisotopic (exact) mass is 342 g/mol. The topological polar surface area (TPSA) is 84.5 Å². The maximum Gasteiger partial charge on any atom is 0.314 e. The van der Waals surface area contributed by atoms with Gasteiger partial charge in [0, 0.05) is 5.56 Å². The van der Waals surface area contributed by atoms with Gasteiger partial charge in [-0.25, -0.2) is 0 Å². The van der Waals surface area contributed by atoms with E-state index in [2.05, 4.69) is 9.71 Å². The van der Waals surface area contributed by atoms with E-state index in [0.29, 0.717) is 5.56 Å². The number of fused-ring (bicyclic) bond motifs is 1. The van der Waals surface area contributed by atoms with Crippen molar-refractivity contribution >= 4 is 26.8 Å². The van der Waals surface area contributed by atoms with Crippen molar-refractivity contribution in [1.82, 2.24) is 11.0 Å². The first kappa shape index (κ1) is 16.1. The van der Waals surface area contributed by atoms with Crippen molar-refractivity contribution in [2.75, 3.05) is 0 Å². The Morgan fingerprint density at radius 2 is 1.50 bits per heavy atom. The highest BCUT2D eigenvalue weighted by atomic mass is 32.2. The van der Waals surface area contributed by atoms with Gasteiger partial charge in [-0.2, -0.15) is 12.7 Å². The molecule has 0 aromatic heterocycles. The summed E-state index contributed by atoms with van der Waals surface area (Å²) in [6.45, 7) is 0. The van der Waals surface area contributed by atoms with Crippen LogP contribution in [-0.4, -0.2) is 14.3 Å². The number of hydrazine groups is 1. The normalized spacial score (nSPS) is 11.3. The zero-order chi connectivity index (χ0) is 17.0. The van der Waals surface area contributed by atoms with Gasteiger partial charge in [-0.15, -0.1) is 0 Å². The van der Waals surface area contributed by atoms with Crippen LogP contribution >= 0.6 is 0 Å². The van der Waals surface area contributed by atoms with Crippen molar-refractivity contribution in [2.24, 2.45) is 0 Å². The van der Waals surface area contributed by atoms with E-state index < -0.39 is 16.0 Å². The molecule has 0 aliphatic carbocycles. The van der Waals surface area contributed by atoms with E-state index in [1.165, 1.54) is 12.1 Å². The Morgan fingerprint density at radius 1 is 0.833 bits per heavy atom. The molecule has 2 N–H and O–H groups in total. The van der Waals surface area contributed by atoms with Crippen molar-refractivity contribution in [3.63, 3.8) is 0 Å². The fourth-order valence-electron chi connectivity index (χ4n) is 2.15. The quantitative estimate of drug-likeness (QED) is 0.696. The summed E-state index contributed by atoms with van der Waals surface area (Å²) >= 11 is 0. The van der Waals surface area contributed by atoms with Crippen molar-refractivity contribution in [3.05, 3.63) is 78.4 Å². The molecule has 0 aliphatic heterocycles. The van der Waals surface area contributed by atoms with Gasteiger partial charge >= 0.3 is 10.1 Å². The fraction of sp³-hybridized carbons (Fsp3) is 0. The van der Waals surface area contributed by atoms with Crippen LogP contribution in [0.4, 0.5) is 0 Å². The molecular formula is C17H14N2O4S. The molecule has 0 atom stereocenters. The fourth-order valence-corrected chi connectivity index (χ4v) is 2.91. The molecule has 0 unspecified atom stereocenters. The number of rotatable bonds is 5. The van der Waals surface area contributed by atoms with Crippen molar-refractivity contribution in [1.29, 1.82) is 0 Å². The van der Waals surface area contributed by atoms with Crippen LogP contribution in [0.1, 0.15) is 10.4 Å². The second-order valence-electron chi connectivity index (χ2n) is 4.97. The summed E-state index contributed by atoms with van der Waals surface area (Å²) in [5.74, 6) is -0.510. The van der Waals surface area contributed by atoms with Crippen LogP contribution in [0.15, 0.2) is 77.7 Å². The van der Waals surface area contributed by atoms with Gasteiger partial charge in [-0.05, 0) is 35.0 Å². The van der Waals surface area contributed by atoms with Gasteiger partial charge in [-0.3, -0.25) is 10.2 Å². The zero-order valence-electron chi connectivity index (χ0n) is 12.5. The van der Waals surface area contributed by atoms with Crippen LogP contribution in [0.25, 0.3) is 10.8 Å². The third-order valence-corrected chi connectivity index (χ3v) is 4.50. The highest BCUT2D eigenvalue weighted by molar-refractivity contribution is 7.86. The van der Waals surface area contributed by atoms with Gasteiger partial charge in [0.1, 0.15) is 0 Å². The Kier molecular flexibility index (Phi) is 4.57. The van der Waals surface area contributed by atoms with Gasteiger partial charge < -0.3 is 0 Å². The van der Waals surface area contributed by atoms with Gasteiger partial charge in [0.2, 0.25) is 0 Å². The molecule has 6 nitrogen and oxygen atoms in total. The largest absolute Gasteiger partial charge is 0.314 e. The molecule has 3 aromatic rings. The minimum absolute atomic E-state index is 0.0114. The van der Waals surface area contributed by atoms with Gasteiger partial charge in [0.05, 0.1) is 4.90 Å². The number of hydrogen-bond donors (Lipinski definition) is 2. The molecule has 1 amide bonds. The molecule has 0 heterocycles. The van der Waals surface area contributed by atoms with E-state index in [0.717, 1.165) is 10.8 Å². The van der Waals surface area contributed by atoms with Gasteiger partial charge in [0.15, 0.2) is 0 Å². The molecule has 0 saturated carbocycles. The van der Waals surface area contributed by atoms with Crippen LogP contribution in [-0.2, 0) is 14.4 Å². The molecule has 3 rings (SSSR count). The Labute approximate surface area is 139 Å². The summed E-state index contributed by atoms with van der Waals surface area (Å²) in [4.78, 5) is 11.8. The molecule has 0 aliphatic rings. The average molecular weight is 342 g/mol.